The maximum absolute atomic E-state index is 11.1. The molecule has 0 bridgehead atoms. The minimum Gasteiger partial charge on any atom is -0.365 e. The molecule has 2 heterocycles. The normalized spacial score (nSPS) is 11.3. The molecule has 5 nitrogen and oxygen atoms in total. The standard InChI is InChI=1S/C18H14N4O/c19-9-13(17(20)23)6-7-14-10-21-18-16(14)8-15(11-22-18)12-4-2-1-3-5-12/h1-6,8,10-11H,7H2,(H2,20,23)(H,21,22)/b13-6+. The summed E-state index contributed by atoms with van der Waals surface area (Å²) in [5.41, 5.74) is 8.94. The van der Waals surface area contributed by atoms with Crippen molar-refractivity contribution in [3.8, 4) is 17.2 Å². The number of H-pyrrole nitrogens is 1. The van der Waals surface area contributed by atoms with Gasteiger partial charge in [-0.2, -0.15) is 5.26 Å². The van der Waals surface area contributed by atoms with Crippen LogP contribution in [0.1, 0.15) is 5.56 Å². The first kappa shape index (κ1) is 14.5. The minimum absolute atomic E-state index is 0.0356. The maximum Gasteiger partial charge on any atom is 0.259 e. The molecule has 0 aliphatic carbocycles. The van der Waals surface area contributed by atoms with Crippen LogP contribution in [0.5, 0.6) is 0 Å². The number of carbonyl (C=O) groups is 1. The number of nitrogens with two attached hydrogens (primary N) is 1. The van der Waals surface area contributed by atoms with Crippen LogP contribution in [0.3, 0.4) is 0 Å². The number of hydrogen-bond acceptors (Lipinski definition) is 3. The van der Waals surface area contributed by atoms with E-state index in [4.69, 9.17) is 11.0 Å². The number of allylic oxidation sites excluding steroid dienone is 1. The van der Waals surface area contributed by atoms with Gasteiger partial charge in [0.05, 0.1) is 0 Å². The van der Waals surface area contributed by atoms with Crippen molar-refractivity contribution < 1.29 is 4.79 Å². The Morgan fingerprint density at radius 1 is 1.30 bits per heavy atom. The van der Waals surface area contributed by atoms with E-state index < -0.39 is 5.91 Å². The molecule has 23 heavy (non-hydrogen) atoms. The number of fused-ring (bicyclic) bond motifs is 1. The predicted octanol–water partition coefficient (Wildman–Crippen LogP) is 2.71. The highest BCUT2D eigenvalue weighted by Gasteiger charge is 2.08. The molecule has 0 fully saturated rings. The lowest BCUT2D eigenvalue weighted by Gasteiger charge is -2.02. The number of benzene rings is 1. The number of nitrogens with one attached hydrogen (secondary N) is 1. The van der Waals surface area contributed by atoms with Gasteiger partial charge in [0.1, 0.15) is 17.3 Å². The Hall–Kier alpha value is -3.39. The van der Waals surface area contributed by atoms with Crippen LogP contribution in [0.4, 0.5) is 0 Å². The zero-order chi connectivity index (χ0) is 16.2. The van der Waals surface area contributed by atoms with Gasteiger partial charge in [-0.25, -0.2) is 4.98 Å². The second-order valence-electron chi connectivity index (χ2n) is 5.10. The second kappa shape index (κ2) is 6.16. The summed E-state index contributed by atoms with van der Waals surface area (Å²) in [5, 5.41) is 9.85. The fourth-order valence-electron chi connectivity index (χ4n) is 2.43. The molecule has 112 valence electrons. The molecule has 0 radical (unpaired) electrons. The van der Waals surface area contributed by atoms with Crippen LogP contribution in [0.25, 0.3) is 22.2 Å². The van der Waals surface area contributed by atoms with E-state index in [9.17, 15) is 4.79 Å². The van der Waals surface area contributed by atoms with Crippen molar-refractivity contribution >= 4 is 16.9 Å². The van der Waals surface area contributed by atoms with Gasteiger partial charge in [0.15, 0.2) is 0 Å². The van der Waals surface area contributed by atoms with Gasteiger partial charge in [0.25, 0.3) is 5.91 Å². The lowest BCUT2D eigenvalue weighted by atomic mass is 10.0. The molecule has 0 aliphatic rings. The summed E-state index contributed by atoms with van der Waals surface area (Å²) in [4.78, 5) is 18.6. The number of nitrogens with zero attached hydrogens (tertiary/aromatic N) is 2. The summed E-state index contributed by atoms with van der Waals surface area (Å²) < 4.78 is 0. The van der Waals surface area contributed by atoms with Crippen LogP contribution in [0.15, 0.2) is 60.4 Å². The van der Waals surface area contributed by atoms with Gasteiger partial charge < -0.3 is 10.7 Å². The second-order valence-corrected chi connectivity index (χ2v) is 5.10. The molecule has 0 atom stereocenters. The van der Waals surface area contributed by atoms with E-state index in [1.54, 1.807) is 6.08 Å². The van der Waals surface area contributed by atoms with Gasteiger partial charge in [-0.15, -0.1) is 0 Å². The third kappa shape index (κ3) is 2.97. The Kier molecular flexibility index (Phi) is 3.89. The molecule has 3 aromatic rings. The van der Waals surface area contributed by atoms with Gasteiger partial charge in [-0.05, 0) is 23.6 Å². The van der Waals surface area contributed by atoms with Crippen molar-refractivity contribution in [1.29, 1.82) is 5.26 Å². The highest BCUT2D eigenvalue weighted by atomic mass is 16.1. The van der Waals surface area contributed by atoms with Gasteiger partial charge >= 0.3 is 0 Å². The molecule has 0 saturated heterocycles. The number of hydrogen-bond donors (Lipinski definition) is 2. The zero-order valence-corrected chi connectivity index (χ0v) is 12.3. The molecule has 0 unspecified atom stereocenters. The number of nitriles is 1. The number of amides is 1. The van der Waals surface area contributed by atoms with Gasteiger partial charge in [-0.1, -0.05) is 36.4 Å². The fraction of sp³-hybridized carbons (Fsp3) is 0.0556. The van der Waals surface area contributed by atoms with Gasteiger partial charge in [-0.3, -0.25) is 4.79 Å². The quantitative estimate of drug-likeness (QED) is 0.573. The highest BCUT2D eigenvalue weighted by molar-refractivity contribution is 5.96. The number of carbonyl (C=O) groups excluding carboxylic acids is 1. The highest BCUT2D eigenvalue weighted by Crippen LogP contribution is 2.25. The first-order chi connectivity index (χ1) is 11.2. The molecule has 3 N–H and O–H groups in total. The first-order valence-electron chi connectivity index (χ1n) is 7.10. The van der Waals surface area contributed by atoms with Crippen LogP contribution in [0.2, 0.25) is 0 Å². The van der Waals surface area contributed by atoms with Crippen molar-refractivity contribution in [3.63, 3.8) is 0 Å². The Morgan fingerprint density at radius 3 is 2.78 bits per heavy atom. The van der Waals surface area contributed by atoms with Crippen LogP contribution < -0.4 is 5.73 Å². The van der Waals surface area contributed by atoms with Crippen molar-refractivity contribution in [3.05, 3.63) is 66.0 Å². The topological polar surface area (TPSA) is 95.6 Å². The largest absolute Gasteiger partial charge is 0.365 e. The molecular formula is C18H14N4O. The van der Waals surface area contributed by atoms with E-state index in [-0.39, 0.29) is 5.57 Å². The van der Waals surface area contributed by atoms with Crippen molar-refractivity contribution in [1.82, 2.24) is 9.97 Å². The average molecular weight is 302 g/mol. The van der Waals surface area contributed by atoms with Crippen molar-refractivity contribution in [2.75, 3.05) is 0 Å². The Labute approximate surface area is 133 Å². The smallest absolute Gasteiger partial charge is 0.259 e. The third-order valence-electron chi connectivity index (χ3n) is 3.64. The maximum atomic E-state index is 11.1. The van der Waals surface area contributed by atoms with E-state index in [2.05, 4.69) is 9.97 Å². The Morgan fingerprint density at radius 2 is 2.09 bits per heavy atom. The molecule has 3 rings (SSSR count). The van der Waals surface area contributed by atoms with Crippen molar-refractivity contribution in [2.24, 2.45) is 5.73 Å². The molecule has 1 aromatic carbocycles. The molecular weight excluding hydrogens is 288 g/mol. The van der Waals surface area contributed by atoms with E-state index in [1.807, 2.05) is 54.9 Å². The van der Waals surface area contributed by atoms with Crippen LogP contribution >= 0.6 is 0 Å². The van der Waals surface area contributed by atoms with Crippen LogP contribution in [0, 0.1) is 11.3 Å². The SMILES string of the molecule is N#C/C(=C\Cc1c[nH]c2ncc(-c3ccccc3)cc12)C(N)=O. The van der Waals surface area contributed by atoms with Gasteiger partial charge in [0, 0.05) is 23.3 Å². The lowest BCUT2D eigenvalue weighted by molar-refractivity contribution is -0.114. The average Bonchev–Trinajstić information content (AvgIpc) is 2.98. The summed E-state index contributed by atoms with van der Waals surface area (Å²) in [6.45, 7) is 0. The van der Waals surface area contributed by atoms with Crippen LogP contribution in [-0.4, -0.2) is 15.9 Å². The molecule has 0 saturated carbocycles. The number of aromatic nitrogens is 2. The monoisotopic (exact) mass is 302 g/mol. The summed E-state index contributed by atoms with van der Waals surface area (Å²) in [6, 6.07) is 13.8. The summed E-state index contributed by atoms with van der Waals surface area (Å²) in [5.74, 6) is -0.713. The van der Waals surface area contributed by atoms with Crippen LogP contribution in [-0.2, 0) is 11.2 Å². The molecule has 2 aromatic heterocycles. The van der Waals surface area contributed by atoms with Gasteiger partial charge in [0.2, 0.25) is 0 Å². The lowest BCUT2D eigenvalue weighted by Crippen LogP contribution is -2.12. The van der Waals surface area contributed by atoms with E-state index in [0.29, 0.717) is 6.42 Å². The Balaban J connectivity index is 2.00. The van der Waals surface area contributed by atoms with Crippen molar-refractivity contribution in [2.45, 2.75) is 6.42 Å². The Bertz CT molecular complexity index is 933. The van der Waals surface area contributed by atoms with E-state index in [1.165, 1.54) is 0 Å². The minimum atomic E-state index is -0.713. The first-order valence-corrected chi connectivity index (χ1v) is 7.10. The molecule has 5 heteroatoms. The summed E-state index contributed by atoms with van der Waals surface area (Å²) in [6.07, 6.45) is 5.63. The number of rotatable bonds is 4. The molecule has 1 amide bonds. The van der Waals surface area contributed by atoms with E-state index in [0.717, 1.165) is 27.7 Å². The summed E-state index contributed by atoms with van der Waals surface area (Å²) >= 11 is 0. The third-order valence-corrected chi connectivity index (χ3v) is 3.64. The van der Waals surface area contributed by atoms with E-state index >= 15 is 0 Å². The number of primary amides is 1. The summed E-state index contributed by atoms with van der Waals surface area (Å²) in [7, 11) is 0. The number of aromatic amines is 1. The fourth-order valence-corrected chi connectivity index (χ4v) is 2.43. The number of pyridine rings is 1. The molecule has 0 aliphatic heterocycles. The predicted molar refractivity (Wildman–Crippen MR) is 88.1 cm³/mol. The molecule has 0 spiro atoms. The zero-order valence-electron chi connectivity index (χ0n) is 12.3.